The maximum atomic E-state index is 14.8. The highest BCUT2D eigenvalue weighted by Gasteiger charge is 2.17. The summed E-state index contributed by atoms with van der Waals surface area (Å²) in [5.41, 5.74) is 2.13. The van der Waals surface area contributed by atoms with Gasteiger partial charge in [0.1, 0.15) is 5.75 Å². The first-order chi connectivity index (χ1) is 18.5. The number of hydrogen-bond donors (Lipinski definition) is 0. The molecule has 0 aliphatic heterocycles. The molecule has 0 amide bonds. The SMILES string of the molecule is CCCCCCCCOc1ccc(-c2ccc(C(=O)Oc3ccc(CCCCCC)cc3)cc2)c(F)c1F. The maximum Gasteiger partial charge on any atom is 0.343 e. The van der Waals surface area contributed by atoms with Gasteiger partial charge in [0.2, 0.25) is 5.82 Å². The molecule has 0 fully saturated rings. The van der Waals surface area contributed by atoms with Gasteiger partial charge in [0.25, 0.3) is 0 Å². The molecule has 0 saturated heterocycles. The molecule has 0 saturated carbocycles. The first-order valence-electron chi connectivity index (χ1n) is 14.1. The van der Waals surface area contributed by atoms with Gasteiger partial charge in [-0.25, -0.2) is 9.18 Å². The van der Waals surface area contributed by atoms with Crippen molar-refractivity contribution in [3.05, 3.63) is 83.4 Å². The van der Waals surface area contributed by atoms with E-state index in [9.17, 15) is 13.6 Å². The van der Waals surface area contributed by atoms with E-state index >= 15 is 0 Å². The van der Waals surface area contributed by atoms with Crippen LogP contribution < -0.4 is 9.47 Å². The van der Waals surface area contributed by atoms with Crippen molar-refractivity contribution in [1.29, 1.82) is 0 Å². The zero-order chi connectivity index (χ0) is 27.2. The smallest absolute Gasteiger partial charge is 0.343 e. The van der Waals surface area contributed by atoms with E-state index in [1.165, 1.54) is 56.2 Å². The highest BCUT2D eigenvalue weighted by Crippen LogP contribution is 2.30. The summed E-state index contributed by atoms with van der Waals surface area (Å²) in [6.45, 7) is 4.72. The van der Waals surface area contributed by atoms with Gasteiger partial charge in [-0.1, -0.05) is 89.5 Å². The average molecular weight is 523 g/mol. The van der Waals surface area contributed by atoms with E-state index in [1.807, 2.05) is 12.1 Å². The minimum Gasteiger partial charge on any atom is -0.490 e. The number of carbonyl (C=O) groups excluding carboxylic acids is 1. The van der Waals surface area contributed by atoms with E-state index in [2.05, 4.69) is 13.8 Å². The molecular weight excluding hydrogens is 482 g/mol. The highest BCUT2D eigenvalue weighted by atomic mass is 19.2. The summed E-state index contributed by atoms with van der Waals surface area (Å²) in [4.78, 5) is 12.6. The third-order valence-electron chi connectivity index (χ3n) is 6.69. The lowest BCUT2D eigenvalue weighted by Gasteiger charge is -2.11. The molecule has 0 aromatic heterocycles. The van der Waals surface area contributed by atoms with Crippen LogP contribution in [0.25, 0.3) is 11.1 Å². The van der Waals surface area contributed by atoms with E-state index in [0.717, 1.165) is 32.1 Å². The number of rotatable bonds is 16. The topological polar surface area (TPSA) is 35.5 Å². The van der Waals surface area contributed by atoms with Crippen LogP contribution in [0.5, 0.6) is 11.5 Å². The molecule has 3 nitrogen and oxygen atoms in total. The molecule has 0 bridgehead atoms. The van der Waals surface area contributed by atoms with Crippen LogP contribution >= 0.6 is 0 Å². The second-order valence-electron chi connectivity index (χ2n) is 9.78. The van der Waals surface area contributed by atoms with E-state index in [0.29, 0.717) is 23.5 Å². The van der Waals surface area contributed by atoms with Gasteiger partial charge < -0.3 is 9.47 Å². The van der Waals surface area contributed by atoms with Crippen LogP contribution in [0.4, 0.5) is 8.78 Å². The van der Waals surface area contributed by atoms with Gasteiger partial charge in [-0.05, 0) is 66.8 Å². The van der Waals surface area contributed by atoms with Crippen molar-refractivity contribution in [1.82, 2.24) is 0 Å². The lowest BCUT2D eigenvalue weighted by atomic mass is 10.0. The number of ether oxygens (including phenoxy) is 2. The minimum absolute atomic E-state index is 0.0769. The van der Waals surface area contributed by atoms with Crippen LogP contribution in [0.15, 0.2) is 60.7 Å². The maximum absolute atomic E-state index is 14.8. The van der Waals surface area contributed by atoms with Crippen LogP contribution in [-0.4, -0.2) is 12.6 Å². The molecule has 0 aliphatic carbocycles. The standard InChI is InChI=1S/C33H40F2O3/c1-3-5-7-9-10-12-24-37-30-23-22-29(31(34)32(30)35)26-16-18-27(19-17-26)33(36)38-28-20-14-25(15-21-28)13-11-8-6-4-2/h14-23H,3-13,24H2,1-2H3. The fourth-order valence-electron chi connectivity index (χ4n) is 4.36. The molecule has 0 N–H and O–H groups in total. The molecule has 0 aliphatic rings. The van der Waals surface area contributed by atoms with Crippen molar-refractivity contribution < 1.29 is 23.0 Å². The van der Waals surface area contributed by atoms with Gasteiger partial charge >= 0.3 is 5.97 Å². The minimum atomic E-state index is -0.995. The lowest BCUT2D eigenvalue weighted by molar-refractivity contribution is 0.0734. The summed E-state index contributed by atoms with van der Waals surface area (Å²) in [5, 5.41) is 0. The molecule has 3 aromatic carbocycles. The van der Waals surface area contributed by atoms with E-state index in [1.54, 1.807) is 36.4 Å². The molecule has 0 atom stereocenters. The Morgan fingerprint density at radius 2 is 1.32 bits per heavy atom. The predicted molar refractivity (Wildman–Crippen MR) is 150 cm³/mol. The Morgan fingerprint density at radius 3 is 2.00 bits per heavy atom. The number of carbonyl (C=O) groups is 1. The summed E-state index contributed by atoms with van der Waals surface area (Å²) in [7, 11) is 0. The van der Waals surface area contributed by atoms with Crippen molar-refractivity contribution in [2.24, 2.45) is 0 Å². The lowest BCUT2D eigenvalue weighted by Crippen LogP contribution is -2.08. The average Bonchev–Trinajstić information content (AvgIpc) is 2.94. The Balaban J connectivity index is 1.54. The molecule has 0 radical (unpaired) electrons. The molecule has 5 heteroatoms. The van der Waals surface area contributed by atoms with Crippen molar-refractivity contribution in [3.8, 4) is 22.6 Å². The molecule has 204 valence electrons. The van der Waals surface area contributed by atoms with Gasteiger partial charge in [0, 0.05) is 5.56 Å². The summed E-state index contributed by atoms with van der Waals surface area (Å²) in [6.07, 6.45) is 12.4. The normalized spacial score (nSPS) is 10.9. The number of unbranched alkanes of at least 4 members (excludes halogenated alkanes) is 8. The van der Waals surface area contributed by atoms with Crippen molar-refractivity contribution in [2.75, 3.05) is 6.61 Å². The van der Waals surface area contributed by atoms with Crippen LogP contribution in [0.1, 0.15) is 94.0 Å². The Morgan fingerprint density at radius 1 is 0.684 bits per heavy atom. The predicted octanol–water partition coefficient (Wildman–Crippen LogP) is 9.71. The van der Waals surface area contributed by atoms with Crippen LogP contribution in [0, 0.1) is 11.6 Å². The van der Waals surface area contributed by atoms with E-state index in [4.69, 9.17) is 9.47 Å². The summed E-state index contributed by atoms with van der Waals surface area (Å²) in [5.74, 6) is -2.06. The fraction of sp³-hybridized carbons (Fsp3) is 0.424. The van der Waals surface area contributed by atoms with E-state index in [-0.39, 0.29) is 11.3 Å². The number of aryl methyl sites for hydroxylation is 1. The quantitative estimate of drug-likeness (QED) is 0.107. The Bertz CT molecular complexity index is 1120. The molecule has 0 heterocycles. The first kappa shape index (κ1) is 29.3. The molecule has 38 heavy (non-hydrogen) atoms. The summed E-state index contributed by atoms with van der Waals surface area (Å²) < 4.78 is 40.4. The second-order valence-corrected chi connectivity index (χ2v) is 9.78. The van der Waals surface area contributed by atoms with Crippen LogP contribution in [0.2, 0.25) is 0 Å². The molecule has 0 spiro atoms. The van der Waals surface area contributed by atoms with Crippen molar-refractivity contribution >= 4 is 5.97 Å². The summed E-state index contributed by atoms with van der Waals surface area (Å²) in [6, 6.07) is 16.8. The van der Waals surface area contributed by atoms with Gasteiger partial charge in [0.05, 0.1) is 12.2 Å². The Kier molecular flexibility index (Phi) is 12.3. The zero-order valence-electron chi connectivity index (χ0n) is 22.7. The number of hydrogen-bond acceptors (Lipinski definition) is 3. The number of benzene rings is 3. The second kappa shape index (κ2) is 15.9. The number of halogens is 2. The van der Waals surface area contributed by atoms with Gasteiger partial charge in [-0.3, -0.25) is 0 Å². The third kappa shape index (κ3) is 8.97. The zero-order valence-corrected chi connectivity index (χ0v) is 22.7. The molecule has 3 rings (SSSR count). The largest absolute Gasteiger partial charge is 0.490 e. The molecule has 0 unspecified atom stereocenters. The first-order valence-corrected chi connectivity index (χ1v) is 14.1. The Hall–Kier alpha value is -3.21. The molecular formula is C33H40F2O3. The van der Waals surface area contributed by atoms with Gasteiger partial charge in [-0.2, -0.15) is 4.39 Å². The van der Waals surface area contributed by atoms with Gasteiger partial charge in [-0.15, -0.1) is 0 Å². The van der Waals surface area contributed by atoms with Gasteiger partial charge in [0.15, 0.2) is 11.6 Å². The van der Waals surface area contributed by atoms with Crippen LogP contribution in [-0.2, 0) is 6.42 Å². The van der Waals surface area contributed by atoms with Crippen molar-refractivity contribution in [2.45, 2.75) is 84.5 Å². The fourth-order valence-corrected chi connectivity index (χ4v) is 4.36. The third-order valence-corrected chi connectivity index (χ3v) is 6.69. The number of esters is 1. The van der Waals surface area contributed by atoms with Crippen molar-refractivity contribution in [3.63, 3.8) is 0 Å². The highest BCUT2D eigenvalue weighted by molar-refractivity contribution is 5.91. The monoisotopic (exact) mass is 522 g/mol. The van der Waals surface area contributed by atoms with E-state index < -0.39 is 17.6 Å². The molecule has 3 aromatic rings. The Labute approximate surface area is 226 Å². The van der Waals surface area contributed by atoms with Crippen LogP contribution in [0.3, 0.4) is 0 Å². The summed E-state index contributed by atoms with van der Waals surface area (Å²) >= 11 is 0.